The minimum absolute atomic E-state index is 0.144. The Morgan fingerprint density at radius 1 is 1.00 bits per heavy atom. The van der Waals surface area contributed by atoms with Crippen LogP contribution in [0.25, 0.3) is 5.70 Å². The fourth-order valence-electron chi connectivity index (χ4n) is 6.03. The molecule has 3 aromatic rings. The van der Waals surface area contributed by atoms with Gasteiger partial charge in [-0.2, -0.15) is 0 Å². The second kappa shape index (κ2) is 7.01. The smallest absolute Gasteiger partial charge is 0.244 e. The Hall–Kier alpha value is -4.52. The zero-order valence-corrected chi connectivity index (χ0v) is 19.3. The van der Waals surface area contributed by atoms with Crippen molar-refractivity contribution in [3.8, 4) is 0 Å². The highest BCUT2D eigenvalue weighted by molar-refractivity contribution is 6.33. The molecule has 0 unspecified atom stereocenters. The van der Waals surface area contributed by atoms with Crippen LogP contribution in [0.15, 0.2) is 83.7 Å². The third kappa shape index (κ3) is 2.42. The van der Waals surface area contributed by atoms with Crippen LogP contribution in [-0.4, -0.2) is 35.5 Å². The van der Waals surface area contributed by atoms with Crippen molar-refractivity contribution < 1.29 is 18.8 Å². The molecule has 0 bridgehead atoms. The standard InChI is InChI=1S/C29H20FN3O3/c1-15-6-8-16(9-7-15)25(34)23-27-31-12-13-33(27)24-18-4-2-3-5-19(18)26(35)22(24)29(23)20-14-17(30)10-11-21(20)32-28(29)36/h2-11,14,31H,12-13H2,1H3,(H,32,36)/t29-/m1/s1. The second-order valence-corrected chi connectivity index (χ2v) is 9.49. The number of carbonyl (C=O) groups excluding carboxylic acids is 3. The number of rotatable bonds is 2. The number of fused-ring (bicyclic) bond motifs is 7. The number of nitrogens with one attached hydrogen (secondary N) is 2. The first-order chi connectivity index (χ1) is 17.4. The van der Waals surface area contributed by atoms with Gasteiger partial charge >= 0.3 is 0 Å². The molecule has 1 amide bonds. The first kappa shape index (κ1) is 20.8. The Morgan fingerprint density at radius 2 is 1.75 bits per heavy atom. The van der Waals surface area contributed by atoms with Crippen molar-refractivity contribution >= 4 is 28.9 Å². The lowest BCUT2D eigenvalue weighted by Gasteiger charge is -2.39. The highest BCUT2D eigenvalue weighted by atomic mass is 19.1. The van der Waals surface area contributed by atoms with Gasteiger partial charge in [0.2, 0.25) is 5.91 Å². The van der Waals surface area contributed by atoms with Gasteiger partial charge in [0, 0.05) is 46.6 Å². The largest absolute Gasteiger partial charge is 0.369 e. The van der Waals surface area contributed by atoms with E-state index in [0.29, 0.717) is 47.0 Å². The predicted octanol–water partition coefficient (Wildman–Crippen LogP) is 3.94. The van der Waals surface area contributed by atoms with Gasteiger partial charge in [-0.05, 0) is 25.1 Å². The van der Waals surface area contributed by atoms with E-state index in [0.717, 1.165) is 5.56 Å². The molecule has 1 saturated heterocycles. The van der Waals surface area contributed by atoms with E-state index < -0.39 is 17.1 Å². The van der Waals surface area contributed by atoms with Crippen LogP contribution in [0.3, 0.4) is 0 Å². The molecule has 36 heavy (non-hydrogen) atoms. The van der Waals surface area contributed by atoms with E-state index in [1.165, 1.54) is 18.2 Å². The average molecular weight is 477 g/mol. The maximum Gasteiger partial charge on any atom is 0.244 e. The molecule has 0 radical (unpaired) electrons. The quantitative estimate of drug-likeness (QED) is 0.547. The molecule has 1 aliphatic carbocycles. The van der Waals surface area contributed by atoms with E-state index in [-0.39, 0.29) is 28.3 Å². The van der Waals surface area contributed by atoms with Crippen LogP contribution in [0, 0.1) is 12.7 Å². The van der Waals surface area contributed by atoms with Gasteiger partial charge in [0.25, 0.3) is 0 Å². The van der Waals surface area contributed by atoms with Crippen LogP contribution in [-0.2, 0) is 10.2 Å². The zero-order chi connectivity index (χ0) is 24.8. The molecule has 3 aromatic carbocycles. The highest BCUT2D eigenvalue weighted by Crippen LogP contribution is 2.58. The van der Waals surface area contributed by atoms with E-state index in [1.54, 1.807) is 24.3 Å². The number of nitrogens with zero attached hydrogens (tertiary/aromatic N) is 1. The number of amides is 1. The Balaban J connectivity index is 1.60. The maximum atomic E-state index is 14.7. The summed E-state index contributed by atoms with van der Waals surface area (Å²) >= 11 is 0. The molecular weight excluding hydrogens is 457 g/mol. The molecule has 6 nitrogen and oxygen atoms in total. The van der Waals surface area contributed by atoms with Crippen molar-refractivity contribution in [1.29, 1.82) is 0 Å². The summed E-state index contributed by atoms with van der Waals surface area (Å²) in [6.45, 7) is 2.97. The number of anilines is 1. The summed E-state index contributed by atoms with van der Waals surface area (Å²) in [6, 6.07) is 18.3. The lowest BCUT2D eigenvalue weighted by atomic mass is 9.64. The van der Waals surface area contributed by atoms with Crippen molar-refractivity contribution in [2.45, 2.75) is 12.3 Å². The van der Waals surface area contributed by atoms with Crippen molar-refractivity contribution in [2.75, 3.05) is 18.4 Å². The van der Waals surface area contributed by atoms with Crippen LogP contribution < -0.4 is 10.6 Å². The van der Waals surface area contributed by atoms with Gasteiger partial charge in [0.15, 0.2) is 11.6 Å². The third-order valence-electron chi connectivity index (χ3n) is 7.56. The Kier molecular flexibility index (Phi) is 4.05. The van der Waals surface area contributed by atoms with Gasteiger partial charge in [-0.3, -0.25) is 14.4 Å². The molecule has 0 saturated carbocycles. The Bertz CT molecular complexity index is 1620. The lowest BCUT2D eigenvalue weighted by molar-refractivity contribution is -0.118. The van der Waals surface area contributed by atoms with Crippen LogP contribution in [0.2, 0.25) is 0 Å². The van der Waals surface area contributed by atoms with E-state index in [4.69, 9.17) is 0 Å². The van der Waals surface area contributed by atoms with Gasteiger partial charge < -0.3 is 15.5 Å². The molecule has 0 aromatic heterocycles. The van der Waals surface area contributed by atoms with Crippen molar-refractivity contribution in [3.05, 3.63) is 117 Å². The Morgan fingerprint density at radius 3 is 2.53 bits per heavy atom. The summed E-state index contributed by atoms with van der Waals surface area (Å²) in [5, 5.41) is 6.16. The SMILES string of the molecule is Cc1ccc(C(=O)C2=C3NCCN3C3=C(C(=O)c4ccccc43)[C@@]23C(=O)Nc2ccc(F)cc23)cc1. The van der Waals surface area contributed by atoms with Gasteiger partial charge in [0.05, 0.1) is 11.3 Å². The molecule has 1 spiro atoms. The number of halogens is 1. The fourth-order valence-corrected chi connectivity index (χ4v) is 6.03. The molecule has 2 N–H and O–H groups in total. The minimum Gasteiger partial charge on any atom is -0.369 e. The fraction of sp³-hybridized carbons (Fsp3) is 0.138. The monoisotopic (exact) mass is 477 g/mol. The van der Waals surface area contributed by atoms with E-state index in [2.05, 4.69) is 10.6 Å². The molecule has 176 valence electrons. The average Bonchev–Trinajstić information content (AvgIpc) is 3.54. The number of hydrogen-bond donors (Lipinski definition) is 2. The van der Waals surface area contributed by atoms with Crippen LogP contribution in [0.1, 0.15) is 37.4 Å². The number of aryl methyl sites for hydroxylation is 1. The van der Waals surface area contributed by atoms with E-state index in [9.17, 15) is 18.8 Å². The number of Topliss-reactive ketones (excluding diaryl/α,β-unsaturated/α-hetero) is 2. The Labute approximate surface area is 206 Å². The number of hydrogen-bond acceptors (Lipinski definition) is 5. The first-order valence-electron chi connectivity index (χ1n) is 11.8. The van der Waals surface area contributed by atoms with Crippen molar-refractivity contribution in [2.24, 2.45) is 0 Å². The molecular formula is C29H20FN3O3. The molecule has 7 heteroatoms. The predicted molar refractivity (Wildman–Crippen MR) is 132 cm³/mol. The van der Waals surface area contributed by atoms with Gasteiger partial charge in [-0.1, -0.05) is 54.1 Å². The summed E-state index contributed by atoms with van der Waals surface area (Å²) in [5.74, 6) is -1.31. The second-order valence-electron chi connectivity index (χ2n) is 9.49. The third-order valence-corrected chi connectivity index (χ3v) is 7.56. The molecule has 1 fully saturated rings. The molecule has 3 heterocycles. The number of benzene rings is 3. The maximum absolute atomic E-state index is 14.7. The van der Waals surface area contributed by atoms with E-state index in [1.807, 2.05) is 36.1 Å². The summed E-state index contributed by atoms with van der Waals surface area (Å²) in [6.07, 6.45) is 0. The first-order valence-corrected chi connectivity index (χ1v) is 11.8. The van der Waals surface area contributed by atoms with Crippen LogP contribution >= 0.6 is 0 Å². The molecule has 1 atom stereocenters. The van der Waals surface area contributed by atoms with Gasteiger partial charge in [-0.25, -0.2) is 4.39 Å². The molecule has 4 aliphatic rings. The highest BCUT2D eigenvalue weighted by Gasteiger charge is 2.63. The normalized spacial score (nSPS) is 21.3. The summed E-state index contributed by atoms with van der Waals surface area (Å²) in [5.41, 5.74) is 2.36. The van der Waals surface area contributed by atoms with Crippen molar-refractivity contribution in [3.63, 3.8) is 0 Å². The van der Waals surface area contributed by atoms with Crippen LogP contribution in [0.5, 0.6) is 0 Å². The topological polar surface area (TPSA) is 78.5 Å². The molecule has 3 aliphatic heterocycles. The molecule has 7 rings (SSSR count). The number of ketones is 2. The lowest BCUT2D eigenvalue weighted by Crippen LogP contribution is -2.48. The summed E-state index contributed by atoms with van der Waals surface area (Å²) < 4.78 is 14.7. The van der Waals surface area contributed by atoms with E-state index >= 15 is 0 Å². The number of carbonyl (C=O) groups is 3. The summed E-state index contributed by atoms with van der Waals surface area (Å²) in [4.78, 5) is 44.4. The van der Waals surface area contributed by atoms with Crippen LogP contribution in [0.4, 0.5) is 10.1 Å². The van der Waals surface area contributed by atoms with Gasteiger partial charge in [0.1, 0.15) is 17.1 Å². The summed E-state index contributed by atoms with van der Waals surface area (Å²) in [7, 11) is 0. The van der Waals surface area contributed by atoms with Crippen molar-refractivity contribution in [1.82, 2.24) is 10.2 Å². The minimum atomic E-state index is -1.80. The zero-order valence-electron chi connectivity index (χ0n) is 19.3. The van der Waals surface area contributed by atoms with Gasteiger partial charge in [-0.15, -0.1) is 0 Å².